The molecule has 1 heterocycles. The first-order valence-corrected chi connectivity index (χ1v) is 10.7. The third-order valence-electron chi connectivity index (χ3n) is 4.44. The van der Waals surface area contributed by atoms with Gasteiger partial charge in [0.25, 0.3) is 0 Å². The maximum atomic E-state index is 12.3. The smallest absolute Gasteiger partial charge is 0.406 e. The molecule has 11 heteroatoms. The molecular weight excluding hydrogens is 453 g/mol. The van der Waals surface area contributed by atoms with E-state index in [2.05, 4.69) is 37.6 Å². The Hall–Kier alpha value is -3.47. The van der Waals surface area contributed by atoms with Gasteiger partial charge in [0.1, 0.15) is 12.1 Å². The Bertz CT molecular complexity index is 1060. The van der Waals surface area contributed by atoms with Crippen LogP contribution in [-0.2, 0) is 0 Å². The van der Waals surface area contributed by atoms with Crippen molar-refractivity contribution in [3.63, 3.8) is 0 Å². The van der Waals surface area contributed by atoms with Gasteiger partial charge in [0, 0.05) is 12.1 Å². The topological polar surface area (TPSA) is 76.4 Å². The summed E-state index contributed by atoms with van der Waals surface area (Å²) in [6, 6.07) is 12.8. The summed E-state index contributed by atoms with van der Waals surface area (Å²) in [6.07, 6.45) is 1.78. The zero-order chi connectivity index (χ0) is 23.7. The fourth-order valence-electron chi connectivity index (χ4n) is 2.82. The molecule has 2 aromatic carbocycles. The Balaban J connectivity index is 1.56. The molecule has 33 heavy (non-hydrogen) atoms. The molecule has 0 aliphatic carbocycles. The number of rotatable bonds is 9. The largest absolute Gasteiger partial charge is 0.573 e. The van der Waals surface area contributed by atoms with Gasteiger partial charge in [-0.05, 0) is 48.5 Å². The molecule has 0 spiro atoms. The van der Waals surface area contributed by atoms with E-state index < -0.39 is 6.36 Å². The Morgan fingerprint density at radius 2 is 1.85 bits per heavy atom. The van der Waals surface area contributed by atoms with Gasteiger partial charge in [0.15, 0.2) is 10.9 Å². The van der Waals surface area contributed by atoms with Crippen molar-refractivity contribution >= 4 is 23.5 Å². The number of hydrazone groups is 1. The molecule has 174 valence electrons. The number of thiocarbonyl (C=S) groups is 1. The van der Waals surface area contributed by atoms with E-state index in [0.29, 0.717) is 16.6 Å². The van der Waals surface area contributed by atoms with E-state index in [4.69, 9.17) is 12.2 Å². The predicted octanol–water partition coefficient (Wildman–Crippen LogP) is 4.82. The van der Waals surface area contributed by atoms with Gasteiger partial charge >= 0.3 is 6.36 Å². The normalized spacial score (nSPS) is 11.5. The molecule has 0 saturated carbocycles. The van der Waals surface area contributed by atoms with Gasteiger partial charge in [-0.1, -0.05) is 44.0 Å². The quantitative estimate of drug-likeness (QED) is 0.200. The van der Waals surface area contributed by atoms with Gasteiger partial charge in [-0.3, -0.25) is 5.43 Å². The summed E-state index contributed by atoms with van der Waals surface area (Å²) in [7, 11) is 0. The molecule has 0 aliphatic heterocycles. The molecule has 3 aromatic rings. The van der Waals surface area contributed by atoms with Crippen LogP contribution in [0, 0.1) is 0 Å². The fraction of sp³-hybridized carbons (Fsp3) is 0.273. The highest BCUT2D eigenvalue weighted by atomic mass is 32.1. The van der Waals surface area contributed by atoms with E-state index in [-0.39, 0.29) is 5.75 Å². The molecule has 0 radical (unpaired) electrons. The van der Waals surface area contributed by atoms with E-state index in [9.17, 15) is 13.2 Å². The fourth-order valence-corrected chi connectivity index (χ4v) is 2.98. The van der Waals surface area contributed by atoms with Gasteiger partial charge in [0.05, 0.1) is 11.9 Å². The average molecular weight is 477 g/mol. The number of aromatic nitrogens is 3. The summed E-state index contributed by atoms with van der Waals surface area (Å²) < 4.78 is 42.2. The van der Waals surface area contributed by atoms with Crippen molar-refractivity contribution in [2.75, 3.05) is 6.54 Å². The number of nitrogens with zero attached hydrogens (tertiary/aromatic N) is 4. The molecule has 7 nitrogen and oxygen atoms in total. The number of alkyl halides is 3. The van der Waals surface area contributed by atoms with Crippen LogP contribution in [0.3, 0.4) is 0 Å². The third-order valence-corrected chi connectivity index (χ3v) is 4.68. The first-order chi connectivity index (χ1) is 15.8. The van der Waals surface area contributed by atoms with Crippen molar-refractivity contribution in [1.82, 2.24) is 25.5 Å². The minimum absolute atomic E-state index is 0.300. The molecule has 3 rings (SSSR count). The van der Waals surface area contributed by atoms with Crippen LogP contribution >= 0.6 is 12.2 Å². The van der Waals surface area contributed by atoms with E-state index in [1.54, 1.807) is 6.21 Å². The number of hydrogen-bond donors (Lipinski definition) is 2. The second-order valence-electron chi connectivity index (χ2n) is 7.01. The number of nitrogens with one attached hydrogen (secondary N) is 2. The molecule has 0 unspecified atom stereocenters. The number of hydrogen-bond acceptors (Lipinski definition) is 5. The minimum atomic E-state index is -4.73. The summed E-state index contributed by atoms with van der Waals surface area (Å²) >= 11 is 5.16. The summed E-state index contributed by atoms with van der Waals surface area (Å²) in [6.45, 7) is 2.96. The predicted molar refractivity (Wildman–Crippen MR) is 124 cm³/mol. The SMILES string of the molecule is CCCCCNC(=S)NN=Cc1ccc(-c2ncn(-c3ccc(OC(F)(F)F)cc3)n2)cc1. The second-order valence-corrected chi connectivity index (χ2v) is 7.42. The van der Waals surface area contributed by atoms with Crippen LogP contribution < -0.4 is 15.5 Å². The lowest BCUT2D eigenvalue weighted by atomic mass is 10.1. The zero-order valence-electron chi connectivity index (χ0n) is 17.8. The van der Waals surface area contributed by atoms with Gasteiger partial charge in [-0.15, -0.1) is 18.3 Å². The van der Waals surface area contributed by atoms with Gasteiger partial charge < -0.3 is 10.1 Å². The Morgan fingerprint density at radius 3 is 2.52 bits per heavy atom. The first-order valence-electron chi connectivity index (χ1n) is 10.3. The highest BCUT2D eigenvalue weighted by Crippen LogP contribution is 2.24. The Morgan fingerprint density at radius 1 is 1.12 bits per heavy atom. The van der Waals surface area contributed by atoms with Gasteiger partial charge in [-0.2, -0.15) is 5.10 Å². The van der Waals surface area contributed by atoms with E-state index in [0.717, 1.165) is 36.9 Å². The van der Waals surface area contributed by atoms with Crippen LogP contribution in [0.25, 0.3) is 17.1 Å². The van der Waals surface area contributed by atoms with Crippen molar-refractivity contribution in [1.29, 1.82) is 0 Å². The molecule has 1 aromatic heterocycles. The van der Waals surface area contributed by atoms with Gasteiger partial charge in [-0.25, -0.2) is 9.67 Å². The van der Waals surface area contributed by atoms with Crippen LogP contribution in [0.1, 0.15) is 31.7 Å². The highest BCUT2D eigenvalue weighted by Gasteiger charge is 2.31. The molecule has 0 amide bonds. The molecule has 2 N–H and O–H groups in total. The van der Waals surface area contributed by atoms with Crippen LogP contribution in [0.15, 0.2) is 60.0 Å². The van der Waals surface area contributed by atoms with E-state index in [1.165, 1.54) is 35.3 Å². The molecule has 0 aliphatic rings. The van der Waals surface area contributed by atoms with Crippen LogP contribution in [0.2, 0.25) is 0 Å². The summed E-state index contributed by atoms with van der Waals surface area (Å²) in [5.74, 6) is 0.177. The van der Waals surface area contributed by atoms with E-state index in [1.807, 2.05) is 24.3 Å². The number of ether oxygens (including phenoxy) is 1. The monoisotopic (exact) mass is 476 g/mol. The lowest BCUT2D eigenvalue weighted by molar-refractivity contribution is -0.274. The average Bonchev–Trinajstić information content (AvgIpc) is 3.27. The van der Waals surface area contributed by atoms with Crippen molar-refractivity contribution in [3.8, 4) is 22.8 Å². The standard InChI is InChI=1S/C22H23F3N6OS/c1-2-3-4-13-26-21(33)29-28-14-16-5-7-17(8-6-16)20-27-15-31(30-20)18-9-11-19(12-10-18)32-22(23,24)25/h5-12,14-15H,2-4,13H2,1H3,(H2,26,29,33). The van der Waals surface area contributed by atoms with Gasteiger partial charge in [0.2, 0.25) is 0 Å². The lowest BCUT2D eigenvalue weighted by Gasteiger charge is -2.09. The maximum Gasteiger partial charge on any atom is 0.573 e. The second kappa shape index (κ2) is 11.4. The summed E-state index contributed by atoms with van der Waals surface area (Å²) in [5, 5.41) is 12.1. The summed E-state index contributed by atoms with van der Waals surface area (Å²) in [5.41, 5.74) is 4.98. The minimum Gasteiger partial charge on any atom is -0.406 e. The third kappa shape index (κ3) is 7.86. The Labute approximate surface area is 194 Å². The first kappa shape index (κ1) is 24.2. The zero-order valence-corrected chi connectivity index (χ0v) is 18.7. The van der Waals surface area contributed by atoms with E-state index >= 15 is 0 Å². The molecule has 0 atom stereocenters. The highest BCUT2D eigenvalue weighted by molar-refractivity contribution is 7.80. The molecular formula is C22H23F3N6OS. The molecule has 0 saturated heterocycles. The van der Waals surface area contributed by atoms with Crippen LogP contribution in [0.4, 0.5) is 13.2 Å². The molecule has 0 bridgehead atoms. The number of unbranched alkanes of at least 4 members (excludes halogenated alkanes) is 2. The molecule has 0 fully saturated rings. The number of benzene rings is 2. The van der Waals surface area contributed by atoms with Crippen molar-refractivity contribution < 1.29 is 17.9 Å². The number of halogens is 3. The maximum absolute atomic E-state index is 12.3. The van der Waals surface area contributed by atoms with Crippen molar-refractivity contribution in [2.45, 2.75) is 32.5 Å². The van der Waals surface area contributed by atoms with Crippen molar-refractivity contribution in [3.05, 3.63) is 60.4 Å². The Kier molecular flexibility index (Phi) is 8.36. The van der Waals surface area contributed by atoms with Crippen molar-refractivity contribution in [2.24, 2.45) is 5.10 Å². The summed E-state index contributed by atoms with van der Waals surface area (Å²) in [4.78, 5) is 4.27. The lowest BCUT2D eigenvalue weighted by Crippen LogP contribution is -2.32. The van der Waals surface area contributed by atoms with Crippen LogP contribution in [-0.4, -0.2) is 39.0 Å². The van der Waals surface area contributed by atoms with Crippen LogP contribution in [0.5, 0.6) is 5.75 Å².